The number of rotatable bonds is 6. The molecule has 1 N–H and O–H groups in total. The van der Waals surface area contributed by atoms with Gasteiger partial charge in [-0.05, 0) is 44.6 Å². The molecular formula is C12H23NO. The highest BCUT2D eigenvalue weighted by Gasteiger charge is 2.36. The topological polar surface area (TPSA) is 23.5 Å². The van der Waals surface area contributed by atoms with Crippen molar-refractivity contribution >= 4 is 0 Å². The molecule has 1 saturated carbocycles. The highest BCUT2D eigenvalue weighted by molar-refractivity contribution is 4.91. The van der Waals surface area contributed by atoms with E-state index in [1.807, 2.05) is 0 Å². The highest BCUT2D eigenvalue weighted by Crippen LogP contribution is 2.37. The minimum absolute atomic E-state index is 0.369. The second kappa shape index (κ2) is 5.13. The van der Waals surface area contributed by atoms with Crippen molar-refractivity contribution in [2.45, 2.75) is 51.0 Å². The first-order valence-corrected chi connectivity index (χ1v) is 6.25. The number of nitrogens with zero attached hydrogens (tertiary/aromatic N) is 1. The number of likely N-dealkylation sites (tertiary alicyclic amines) is 1. The monoisotopic (exact) mass is 197 g/mol. The van der Waals surface area contributed by atoms with Crippen molar-refractivity contribution in [3.63, 3.8) is 0 Å². The Morgan fingerprint density at radius 3 is 2.57 bits per heavy atom. The Morgan fingerprint density at radius 1 is 1.07 bits per heavy atom. The quantitative estimate of drug-likeness (QED) is 0.659. The van der Waals surface area contributed by atoms with Crippen LogP contribution < -0.4 is 0 Å². The Kier molecular flexibility index (Phi) is 3.82. The van der Waals surface area contributed by atoms with Gasteiger partial charge in [-0.25, -0.2) is 0 Å². The molecule has 0 radical (unpaired) electrons. The van der Waals surface area contributed by atoms with E-state index in [2.05, 4.69) is 4.90 Å². The average molecular weight is 197 g/mol. The molecule has 0 aromatic heterocycles. The summed E-state index contributed by atoms with van der Waals surface area (Å²) < 4.78 is 0. The lowest BCUT2D eigenvalue weighted by Crippen LogP contribution is -2.32. The highest BCUT2D eigenvalue weighted by atomic mass is 16.2. The van der Waals surface area contributed by atoms with Crippen molar-refractivity contribution in [2.75, 3.05) is 19.7 Å². The van der Waals surface area contributed by atoms with Gasteiger partial charge in [-0.15, -0.1) is 0 Å². The van der Waals surface area contributed by atoms with Crippen LogP contribution in [0.5, 0.6) is 0 Å². The van der Waals surface area contributed by atoms with E-state index in [-0.39, 0.29) is 0 Å². The molecule has 2 unspecified atom stereocenters. The number of hydrogen-bond donors (Lipinski definition) is 1. The van der Waals surface area contributed by atoms with Crippen molar-refractivity contribution in [3.05, 3.63) is 0 Å². The summed E-state index contributed by atoms with van der Waals surface area (Å²) in [4.78, 5) is 2.70. The molecule has 0 aromatic carbocycles. The van der Waals surface area contributed by atoms with E-state index in [4.69, 9.17) is 5.11 Å². The molecule has 2 fully saturated rings. The van der Waals surface area contributed by atoms with E-state index < -0.39 is 0 Å². The third-order valence-electron chi connectivity index (χ3n) is 3.88. The van der Waals surface area contributed by atoms with Crippen LogP contribution in [-0.2, 0) is 0 Å². The van der Waals surface area contributed by atoms with E-state index in [9.17, 15) is 0 Å². The zero-order chi connectivity index (χ0) is 9.80. The maximum atomic E-state index is 8.65. The molecule has 0 amide bonds. The lowest BCUT2D eigenvalue weighted by molar-refractivity contribution is 0.208. The van der Waals surface area contributed by atoms with E-state index in [0.29, 0.717) is 6.61 Å². The Bertz CT molecular complexity index is 172. The summed E-state index contributed by atoms with van der Waals surface area (Å²) in [7, 11) is 0. The Labute approximate surface area is 87.3 Å². The summed E-state index contributed by atoms with van der Waals surface area (Å²) in [6.45, 7) is 3.06. The fourth-order valence-electron chi connectivity index (χ4n) is 3.08. The summed E-state index contributed by atoms with van der Waals surface area (Å²) in [5.41, 5.74) is 0. The molecule has 2 aliphatic rings. The van der Waals surface area contributed by atoms with E-state index in [1.54, 1.807) is 0 Å². The lowest BCUT2D eigenvalue weighted by atomic mass is 10.1. The molecule has 2 heteroatoms. The maximum absolute atomic E-state index is 8.65. The number of hydrogen-bond acceptors (Lipinski definition) is 2. The molecule has 1 saturated heterocycles. The Balaban J connectivity index is 1.54. The third-order valence-corrected chi connectivity index (χ3v) is 3.88. The summed E-state index contributed by atoms with van der Waals surface area (Å²) in [5.74, 6) is 1.04. The molecule has 2 rings (SSSR count). The van der Waals surface area contributed by atoms with Gasteiger partial charge in [-0.1, -0.05) is 12.8 Å². The zero-order valence-corrected chi connectivity index (χ0v) is 9.12. The first-order chi connectivity index (χ1) is 6.90. The van der Waals surface area contributed by atoms with Gasteiger partial charge in [-0.2, -0.15) is 0 Å². The number of aliphatic hydroxyl groups is 1. The third kappa shape index (κ3) is 2.48. The molecule has 14 heavy (non-hydrogen) atoms. The van der Waals surface area contributed by atoms with Crippen LogP contribution in [-0.4, -0.2) is 35.7 Å². The number of aliphatic hydroxyl groups excluding tert-OH is 1. The van der Waals surface area contributed by atoms with Crippen LogP contribution in [0, 0.1) is 5.92 Å². The van der Waals surface area contributed by atoms with Gasteiger partial charge in [0.05, 0.1) is 0 Å². The average Bonchev–Trinajstić information content (AvgIpc) is 2.79. The van der Waals surface area contributed by atoms with Crippen LogP contribution in [0.25, 0.3) is 0 Å². The largest absolute Gasteiger partial charge is 0.396 e. The van der Waals surface area contributed by atoms with Gasteiger partial charge in [0.15, 0.2) is 0 Å². The minimum atomic E-state index is 0.369. The standard InChI is InChI=1S/C12H23NO/c14-8-4-2-1-3-7-13-10-11-5-6-12(13)9-11/h11-12,14H,1-10H2. The van der Waals surface area contributed by atoms with Crippen LogP contribution >= 0.6 is 0 Å². The molecule has 0 spiro atoms. The first-order valence-electron chi connectivity index (χ1n) is 6.25. The van der Waals surface area contributed by atoms with Gasteiger partial charge in [0, 0.05) is 19.2 Å². The number of piperidine rings is 1. The Hall–Kier alpha value is -0.0800. The first kappa shape index (κ1) is 10.4. The molecule has 1 aliphatic heterocycles. The van der Waals surface area contributed by atoms with Gasteiger partial charge in [0.2, 0.25) is 0 Å². The molecule has 2 atom stereocenters. The molecule has 2 bridgehead atoms. The molecule has 2 nitrogen and oxygen atoms in total. The van der Waals surface area contributed by atoms with Crippen LogP contribution in [0.3, 0.4) is 0 Å². The second-order valence-corrected chi connectivity index (χ2v) is 4.97. The number of unbranched alkanes of at least 4 members (excludes halogenated alkanes) is 3. The zero-order valence-electron chi connectivity index (χ0n) is 9.12. The summed E-state index contributed by atoms with van der Waals surface area (Å²) >= 11 is 0. The van der Waals surface area contributed by atoms with E-state index >= 15 is 0 Å². The smallest absolute Gasteiger partial charge is 0.0431 e. The fourth-order valence-corrected chi connectivity index (χ4v) is 3.08. The van der Waals surface area contributed by atoms with Gasteiger partial charge in [-0.3, -0.25) is 0 Å². The molecule has 1 heterocycles. The van der Waals surface area contributed by atoms with Crippen molar-refractivity contribution < 1.29 is 5.11 Å². The molecular weight excluding hydrogens is 174 g/mol. The van der Waals surface area contributed by atoms with E-state index in [0.717, 1.165) is 18.4 Å². The maximum Gasteiger partial charge on any atom is 0.0431 e. The predicted molar refractivity (Wildman–Crippen MR) is 58.3 cm³/mol. The summed E-state index contributed by atoms with van der Waals surface area (Å²) in [5, 5.41) is 8.65. The van der Waals surface area contributed by atoms with Crippen LogP contribution in [0.4, 0.5) is 0 Å². The van der Waals surface area contributed by atoms with Crippen molar-refractivity contribution in [2.24, 2.45) is 5.92 Å². The second-order valence-electron chi connectivity index (χ2n) is 4.97. The number of fused-ring (bicyclic) bond motifs is 2. The normalized spacial score (nSPS) is 31.5. The fraction of sp³-hybridized carbons (Fsp3) is 1.00. The van der Waals surface area contributed by atoms with Gasteiger partial charge >= 0.3 is 0 Å². The predicted octanol–water partition coefficient (Wildman–Crippen LogP) is 2.02. The Morgan fingerprint density at radius 2 is 1.93 bits per heavy atom. The van der Waals surface area contributed by atoms with Gasteiger partial charge in [0.1, 0.15) is 0 Å². The lowest BCUT2D eigenvalue weighted by Gasteiger charge is -2.26. The van der Waals surface area contributed by atoms with Crippen LogP contribution in [0.15, 0.2) is 0 Å². The molecule has 0 aromatic rings. The van der Waals surface area contributed by atoms with Crippen LogP contribution in [0.2, 0.25) is 0 Å². The van der Waals surface area contributed by atoms with Gasteiger partial charge < -0.3 is 10.0 Å². The van der Waals surface area contributed by atoms with Gasteiger partial charge in [0.25, 0.3) is 0 Å². The van der Waals surface area contributed by atoms with Crippen molar-refractivity contribution in [1.29, 1.82) is 0 Å². The summed E-state index contributed by atoms with van der Waals surface area (Å²) in [6, 6.07) is 0.942. The molecule has 1 aliphatic carbocycles. The van der Waals surface area contributed by atoms with Crippen molar-refractivity contribution in [1.82, 2.24) is 4.90 Å². The summed E-state index contributed by atoms with van der Waals surface area (Å²) in [6.07, 6.45) is 9.27. The van der Waals surface area contributed by atoms with Crippen LogP contribution in [0.1, 0.15) is 44.9 Å². The van der Waals surface area contributed by atoms with E-state index in [1.165, 1.54) is 51.6 Å². The minimum Gasteiger partial charge on any atom is -0.396 e. The SMILES string of the molecule is OCCCCCCN1CC2CCC1C2. The molecule has 82 valence electrons. The van der Waals surface area contributed by atoms with Crippen molar-refractivity contribution in [3.8, 4) is 0 Å².